The lowest BCUT2D eigenvalue weighted by atomic mass is 10.2. The molecule has 0 aromatic carbocycles. The fraction of sp³-hybridized carbons (Fsp3) is 0.400. The van der Waals surface area contributed by atoms with Gasteiger partial charge in [0, 0.05) is 11.4 Å². The van der Waals surface area contributed by atoms with Crippen LogP contribution < -0.4 is 10.1 Å². The van der Waals surface area contributed by atoms with E-state index in [1.54, 1.807) is 17.5 Å². The molecule has 2 aromatic heterocycles. The van der Waals surface area contributed by atoms with E-state index in [0.717, 1.165) is 28.3 Å². The molecule has 0 fully saturated rings. The van der Waals surface area contributed by atoms with E-state index < -0.39 is 0 Å². The van der Waals surface area contributed by atoms with Gasteiger partial charge >= 0.3 is 0 Å². The van der Waals surface area contributed by atoms with Crippen molar-refractivity contribution in [2.45, 2.75) is 27.0 Å². The molecule has 5 heteroatoms. The molecule has 20 heavy (non-hydrogen) atoms. The van der Waals surface area contributed by atoms with Gasteiger partial charge in [-0.1, -0.05) is 13.8 Å². The van der Waals surface area contributed by atoms with Crippen LogP contribution in [-0.2, 0) is 13.2 Å². The SMILES string of the molecule is CC(C)CNCc1ccc(OCc2ccc(Br)s2)cn1. The van der Waals surface area contributed by atoms with Gasteiger partial charge in [-0.05, 0) is 52.7 Å². The summed E-state index contributed by atoms with van der Waals surface area (Å²) < 4.78 is 6.84. The van der Waals surface area contributed by atoms with Gasteiger partial charge in [-0.3, -0.25) is 4.98 Å². The van der Waals surface area contributed by atoms with Crippen molar-refractivity contribution in [3.8, 4) is 5.75 Å². The highest BCUT2D eigenvalue weighted by molar-refractivity contribution is 9.11. The molecule has 3 nitrogen and oxygen atoms in total. The first-order chi connectivity index (χ1) is 9.63. The number of rotatable bonds is 7. The zero-order valence-electron chi connectivity index (χ0n) is 11.7. The van der Waals surface area contributed by atoms with Gasteiger partial charge < -0.3 is 10.1 Å². The Hall–Kier alpha value is -0.910. The van der Waals surface area contributed by atoms with E-state index in [2.05, 4.69) is 46.1 Å². The summed E-state index contributed by atoms with van der Waals surface area (Å²) in [5.74, 6) is 1.46. The smallest absolute Gasteiger partial charge is 0.138 e. The van der Waals surface area contributed by atoms with Gasteiger partial charge in [0.05, 0.1) is 15.7 Å². The fourth-order valence-electron chi connectivity index (χ4n) is 1.67. The lowest BCUT2D eigenvalue weighted by Gasteiger charge is -2.08. The molecule has 0 aliphatic heterocycles. The number of nitrogens with zero attached hydrogens (tertiary/aromatic N) is 1. The van der Waals surface area contributed by atoms with Gasteiger partial charge in [-0.15, -0.1) is 11.3 Å². The maximum atomic E-state index is 5.71. The fourth-order valence-corrected chi connectivity index (χ4v) is 3.07. The Morgan fingerprint density at radius 1 is 1.30 bits per heavy atom. The number of pyridine rings is 1. The van der Waals surface area contributed by atoms with Crippen molar-refractivity contribution in [2.24, 2.45) is 5.92 Å². The topological polar surface area (TPSA) is 34.1 Å². The average Bonchev–Trinajstić information content (AvgIpc) is 2.83. The van der Waals surface area contributed by atoms with Crippen molar-refractivity contribution >= 4 is 27.3 Å². The molecule has 2 rings (SSSR count). The summed E-state index contributed by atoms with van der Waals surface area (Å²) in [6.45, 7) is 6.78. The molecular weight excluding hydrogens is 336 g/mol. The van der Waals surface area contributed by atoms with Crippen LogP contribution in [0.2, 0.25) is 0 Å². The van der Waals surface area contributed by atoms with Gasteiger partial charge in [0.2, 0.25) is 0 Å². The van der Waals surface area contributed by atoms with E-state index >= 15 is 0 Å². The Morgan fingerprint density at radius 2 is 2.15 bits per heavy atom. The maximum absolute atomic E-state index is 5.71. The molecule has 108 valence electrons. The van der Waals surface area contributed by atoms with Crippen LogP contribution in [0.1, 0.15) is 24.4 Å². The highest BCUT2D eigenvalue weighted by Gasteiger charge is 2.01. The predicted molar refractivity (Wildman–Crippen MR) is 87.1 cm³/mol. The summed E-state index contributed by atoms with van der Waals surface area (Å²) >= 11 is 5.13. The van der Waals surface area contributed by atoms with Crippen molar-refractivity contribution < 1.29 is 4.74 Å². The first kappa shape index (κ1) is 15.5. The molecular formula is C15H19BrN2OS. The Kier molecular flexibility index (Phi) is 6.01. The minimum atomic E-state index is 0.586. The van der Waals surface area contributed by atoms with Crippen LogP contribution in [0.4, 0.5) is 0 Å². The lowest BCUT2D eigenvalue weighted by Crippen LogP contribution is -2.19. The lowest BCUT2D eigenvalue weighted by molar-refractivity contribution is 0.308. The van der Waals surface area contributed by atoms with E-state index in [4.69, 9.17) is 4.74 Å². The normalized spacial score (nSPS) is 11.0. The minimum absolute atomic E-state index is 0.586. The van der Waals surface area contributed by atoms with E-state index in [1.165, 1.54) is 4.88 Å². The minimum Gasteiger partial charge on any atom is -0.486 e. The zero-order valence-corrected chi connectivity index (χ0v) is 14.1. The van der Waals surface area contributed by atoms with Crippen LogP contribution in [0.15, 0.2) is 34.2 Å². The van der Waals surface area contributed by atoms with Gasteiger partial charge in [0.1, 0.15) is 12.4 Å². The standard InChI is InChI=1S/C15H19BrN2OS/c1-11(2)7-17-8-12-3-4-13(9-18-12)19-10-14-5-6-15(16)20-14/h3-6,9,11,17H,7-8,10H2,1-2H3. The molecule has 0 saturated heterocycles. The molecule has 0 aliphatic rings. The van der Waals surface area contributed by atoms with Gasteiger partial charge in [0.25, 0.3) is 0 Å². The molecule has 0 spiro atoms. The van der Waals surface area contributed by atoms with Gasteiger partial charge in [-0.2, -0.15) is 0 Å². The van der Waals surface area contributed by atoms with E-state index in [9.17, 15) is 0 Å². The summed E-state index contributed by atoms with van der Waals surface area (Å²) in [7, 11) is 0. The summed E-state index contributed by atoms with van der Waals surface area (Å²) in [5.41, 5.74) is 1.04. The quantitative estimate of drug-likeness (QED) is 0.807. The maximum Gasteiger partial charge on any atom is 0.138 e. The van der Waals surface area contributed by atoms with E-state index in [0.29, 0.717) is 12.5 Å². The summed E-state index contributed by atoms with van der Waals surface area (Å²) in [4.78, 5) is 5.59. The monoisotopic (exact) mass is 354 g/mol. The van der Waals surface area contributed by atoms with Crippen molar-refractivity contribution in [3.63, 3.8) is 0 Å². The number of hydrogen-bond donors (Lipinski definition) is 1. The number of hydrogen-bond acceptors (Lipinski definition) is 4. The van der Waals surface area contributed by atoms with Crippen LogP contribution in [0.5, 0.6) is 5.75 Å². The summed E-state index contributed by atoms with van der Waals surface area (Å²) in [6, 6.07) is 8.08. The molecule has 0 saturated carbocycles. The third-order valence-electron chi connectivity index (χ3n) is 2.67. The number of aromatic nitrogens is 1. The van der Waals surface area contributed by atoms with Crippen molar-refractivity contribution in [2.75, 3.05) is 6.54 Å². The van der Waals surface area contributed by atoms with Crippen LogP contribution >= 0.6 is 27.3 Å². The van der Waals surface area contributed by atoms with Crippen molar-refractivity contribution in [1.29, 1.82) is 0 Å². The number of nitrogens with one attached hydrogen (secondary N) is 1. The highest BCUT2D eigenvalue weighted by Crippen LogP contribution is 2.23. The van der Waals surface area contributed by atoms with Crippen LogP contribution in [0.3, 0.4) is 0 Å². The predicted octanol–water partition coefficient (Wildman–Crippen LogP) is 4.23. The number of thiophene rings is 1. The molecule has 0 atom stereocenters. The molecule has 0 amide bonds. The molecule has 0 aliphatic carbocycles. The second kappa shape index (κ2) is 7.76. The van der Waals surface area contributed by atoms with E-state index in [1.807, 2.05) is 18.2 Å². The Labute approximate surface area is 132 Å². The summed E-state index contributed by atoms with van der Waals surface area (Å²) in [6.07, 6.45) is 1.79. The molecule has 1 N–H and O–H groups in total. The van der Waals surface area contributed by atoms with Crippen LogP contribution in [-0.4, -0.2) is 11.5 Å². The molecule has 2 heterocycles. The Balaban J connectivity index is 1.79. The molecule has 0 unspecified atom stereocenters. The highest BCUT2D eigenvalue weighted by atomic mass is 79.9. The average molecular weight is 355 g/mol. The first-order valence-electron chi connectivity index (χ1n) is 6.66. The Bertz CT molecular complexity index is 525. The van der Waals surface area contributed by atoms with Crippen LogP contribution in [0.25, 0.3) is 0 Å². The Morgan fingerprint density at radius 3 is 2.75 bits per heavy atom. The summed E-state index contributed by atoms with van der Waals surface area (Å²) in [5, 5.41) is 3.37. The van der Waals surface area contributed by atoms with E-state index in [-0.39, 0.29) is 0 Å². The number of ether oxygens (including phenoxy) is 1. The van der Waals surface area contributed by atoms with Crippen molar-refractivity contribution in [3.05, 3.63) is 44.8 Å². The van der Waals surface area contributed by atoms with Crippen LogP contribution in [0, 0.1) is 5.92 Å². The second-order valence-electron chi connectivity index (χ2n) is 5.00. The third-order valence-corrected chi connectivity index (χ3v) is 4.26. The molecule has 0 radical (unpaired) electrons. The molecule has 2 aromatic rings. The zero-order chi connectivity index (χ0) is 14.4. The third kappa shape index (κ3) is 5.23. The second-order valence-corrected chi connectivity index (χ2v) is 7.55. The van der Waals surface area contributed by atoms with Gasteiger partial charge in [-0.25, -0.2) is 0 Å². The number of halogens is 1. The molecule has 0 bridgehead atoms. The van der Waals surface area contributed by atoms with Crippen molar-refractivity contribution in [1.82, 2.24) is 10.3 Å². The largest absolute Gasteiger partial charge is 0.486 e. The first-order valence-corrected chi connectivity index (χ1v) is 8.27. The van der Waals surface area contributed by atoms with Gasteiger partial charge in [0.15, 0.2) is 0 Å².